The number of nitrogens with zero attached hydrogens (tertiary/aromatic N) is 4. The standard InChI is InChI=1S/C34H42N6O4/c1-24(44-3)11-18-39(29-8-9-31-28(22-29)14-19-40(31)34(43)35-2)30-10-15-36-32(23-30)37-33(42)27-6-4-25(5-7-27)26-12-16-38(17-13-26)20-21-41/h4-10,14-15,19,22-24,26,41H,11-13,16-18,20-21H2,1-3H3,(H,35,43)(H,36,37,42). The number of anilines is 3. The minimum absolute atomic E-state index is 0.0626. The molecule has 0 saturated carbocycles. The number of methoxy groups -OCH3 is 1. The molecule has 1 aliphatic rings. The van der Waals surface area contributed by atoms with Crippen LogP contribution in [0, 0.1) is 0 Å². The monoisotopic (exact) mass is 598 g/mol. The maximum Gasteiger partial charge on any atom is 0.325 e. The molecule has 5 rings (SSSR count). The second kappa shape index (κ2) is 14.5. The van der Waals surface area contributed by atoms with Crippen LogP contribution in [0.5, 0.6) is 0 Å². The molecule has 0 aliphatic carbocycles. The molecule has 44 heavy (non-hydrogen) atoms. The first-order chi connectivity index (χ1) is 21.4. The predicted molar refractivity (Wildman–Crippen MR) is 174 cm³/mol. The van der Waals surface area contributed by atoms with Crippen molar-refractivity contribution in [3.8, 4) is 0 Å². The van der Waals surface area contributed by atoms with Crippen molar-refractivity contribution in [2.45, 2.75) is 38.2 Å². The Morgan fingerprint density at radius 2 is 1.82 bits per heavy atom. The summed E-state index contributed by atoms with van der Waals surface area (Å²) >= 11 is 0. The van der Waals surface area contributed by atoms with E-state index < -0.39 is 0 Å². The average molecular weight is 599 g/mol. The molecule has 10 heteroatoms. The van der Waals surface area contributed by atoms with Gasteiger partial charge in [-0.15, -0.1) is 0 Å². The molecule has 4 aromatic rings. The Hall–Kier alpha value is -4.25. The first-order valence-corrected chi connectivity index (χ1v) is 15.2. The Balaban J connectivity index is 1.32. The van der Waals surface area contributed by atoms with Crippen LogP contribution in [0.4, 0.5) is 22.0 Å². The van der Waals surface area contributed by atoms with Gasteiger partial charge in [-0.3, -0.25) is 9.36 Å². The number of hydrogen-bond donors (Lipinski definition) is 3. The lowest BCUT2D eigenvalue weighted by atomic mass is 9.89. The van der Waals surface area contributed by atoms with E-state index in [0.717, 1.165) is 61.2 Å². The lowest BCUT2D eigenvalue weighted by Gasteiger charge is -2.31. The quantitative estimate of drug-likeness (QED) is 0.217. The lowest BCUT2D eigenvalue weighted by molar-refractivity contribution is 0.102. The number of hydrogen-bond acceptors (Lipinski definition) is 7. The Morgan fingerprint density at radius 1 is 1.07 bits per heavy atom. The van der Waals surface area contributed by atoms with Crippen LogP contribution in [0.15, 0.2) is 73.1 Å². The smallest absolute Gasteiger partial charge is 0.325 e. The summed E-state index contributed by atoms with van der Waals surface area (Å²) in [6.07, 6.45) is 6.41. The van der Waals surface area contributed by atoms with Crippen molar-refractivity contribution >= 4 is 40.0 Å². The van der Waals surface area contributed by atoms with Crippen molar-refractivity contribution < 1.29 is 19.4 Å². The van der Waals surface area contributed by atoms with Gasteiger partial charge in [0.25, 0.3) is 5.91 Å². The number of amides is 2. The third-order valence-electron chi connectivity index (χ3n) is 8.52. The number of rotatable bonds is 11. The van der Waals surface area contributed by atoms with Gasteiger partial charge in [0.05, 0.1) is 18.2 Å². The highest BCUT2D eigenvalue weighted by Gasteiger charge is 2.21. The number of likely N-dealkylation sites (tertiary alicyclic amines) is 1. The second-order valence-corrected chi connectivity index (χ2v) is 11.3. The molecule has 0 spiro atoms. The van der Waals surface area contributed by atoms with Gasteiger partial charge in [0.1, 0.15) is 5.82 Å². The molecule has 0 radical (unpaired) electrons. The fraction of sp³-hybridized carbons (Fsp3) is 0.382. The number of aliphatic hydroxyl groups is 1. The highest BCUT2D eigenvalue weighted by molar-refractivity contribution is 6.04. The summed E-state index contributed by atoms with van der Waals surface area (Å²) in [5, 5.41) is 15.8. The molecule has 3 N–H and O–H groups in total. The van der Waals surface area contributed by atoms with E-state index in [1.54, 1.807) is 31.1 Å². The van der Waals surface area contributed by atoms with Crippen LogP contribution in [0.2, 0.25) is 0 Å². The van der Waals surface area contributed by atoms with E-state index in [1.165, 1.54) is 5.56 Å². The van der Waals surface area contributed by atoms with Crippen molar-refractivity contribution in [2.75, 3.05) is 57.2 Å². The third-order valence-corrected chi connectivity index (χ3v) is 8.52. The highest BCUT2D eigenvalue weighted by Crippen LogP contribution is 2.31. The van der Waals surface area contributed by atoms with Gasteiger partial charge in [-0.2, -0.15) is 0 Å². The summed E-state index contributed by atoms with van der Waals surface area (Å²) in [6.45, 7) is 5.60. The van der Waals surface area contributed by atoms with Crippen LogP contribution < -0.4 is 15.5 Å². The van der Waals surface area contributed by atoms with Gasteiger partial charge in [-0.05, 0) is 93.2 Å². The van der Waals surface area contributed by atoms with Gasteiger partial charge in [-0.25, -0.2) is 9.78 Å². The summed E-state index contributed by atoms with van der Waals surface area (Å²) in [6, 6.07) is 19.4. The zero-order chi connectivity index (χ0) is 31.1. The number of pyridine rings is 1. The van der Waals surface area contributed by atoms with E-state index in [0.29, 0.717) is 23.8 Å². The average Bonchev–Trinajstić information content (AvgIpc) is 3.48. The molecule has 1 aliphatic heterocycles. The fourth-order valence-corrected chi connectivity index (χ4v) is 5.81. The minimum Gasteiger partial charge on any atom is -0.395 e. The predicted octanol–water partition coefficient (Wildman–Crippen LogP) is 5.21. The number of aromatic nitrogens is 2. The summed E-state index contributed by atoms with van der Waals surface area (Å²) < 4.78 is 7.10. The van der Waals surface area contributed by atoms with Crippen LogP contribution >= 0.6 is 0 Å². The number of piperidine rings is 1. The lowest BCUT2D eigenvalue weighted by Crippen LogP contribution is -2.34. The van der Waals surface area contributed by atoms with Crippen LogP contribution in [0.25, 0.3) is 10.9 Å². The molecule has 1 saturated heterocycles. The van der Waals surface area contributed by atoms with E-state index in [2.05, 4.69) is 43.6 Å². The van der Waals surface area contributed by atoms with Crippen LogP contribution in [-0.2, 0) is 4.74 Å². The van der Waals surface area contributed by atoms with E-state index in [9.17, 15) is 14.7 Å². The molecule has 2 aromatic carbocycles. The number of nitrogens with one attached hydrogen (secondary N) is 2. The topological polar surface area (TPSA) is 112 Å². The molecule has 1 atom stereocenters. The van der Waals surface area contributed by atoms with Gasteiger partial charge in [0.2, 0.25) is 0 Å². The molecule has 0 bridgehead atoms. The summed E-state index contributed by atoms with van der Waals surface area (Å²) in [5.41, 5.74) is 4.48. The molecule has 1 unspecified atom stereocenters. The molecule has 2 aromatic heterocycles. The number of β-amino-alcohol motifs (C(OH)–C–C–N with tert-alkyl or cyclic N) is 1. The van der Waals surface area contributed by atoms with Gasteiger partial charge in [0.15, 0.2) is 0 Å². The van der Waals surface area contributed by atoms with Crippen LogP contribution in [-0.4, -0.2) is 84.5 Å². The molecule has 232 valence electrons. The SMILES string of the molecule is CNC(=O)n1ccc2cc(N(CCC(C)OC)c3ccnc(NC(=O)c4ccc(C5CCN(CCO)CC5)cc4)c3)ccc21. The maximum atomic E-state index is 13.2. The van der Waals surface area contributed by atoms with Gasteiger partial charge >= 0.3 is 6.03 Å². The number of carbonyl (C=O) groups excluding carboxylic acids is 2. The number of aliphatic hydroxyl groups excluding tert-OH is 1. The summed E-state index contributed by atoms with van der Waals surface area (Å²) in [4.78, 5) is 34.4. The Morgan fingerprint density at radius 3 is 2.52 bits per heavy atom. The molecular weight excluding hydrogens is 556 g/mol. The summed E-state index contributed by atoms with van der Waals surface area (Å²) in [5.74, 6) is 0.716. The van der Waals surface area contributed by atoms with Gasteiger partial charge in [0, 0.05) is 68.0 Å². The molecule has 1 fully saturated rings. The van der Waals surface area contributed by atoms with Crippen molar-refractivity contribution in [3.63, 3.8) is 0 Å². The first-order valence-electron chi connectivity index (χ1n) is 15.2. The fourth-order valence-electron chi connectivity index (χ4n) is 5.81. The second-order valence-electron chi connectivity index (χ2n) is 11.3. The van der Waals surface area contributed by atoms with Crippen LogP contribution in [0.3, 0.4) is 0 Å². The van der Waals surface area contributed by atoms with Crippen LogP contribution in [0.1, 0.15) is 48.0 Å². The van der Waals surface area contributed by atoms with Gasteiger partial charge < -0.3 is 30.3 Å². The maximum absolute atomic E-state index is 13.2. The van der Waals surface area contributed by atoms with E-state index in [4.69, 9.17) is 4.74 Å². The largest absolute Gasteiger partial charge is 0.395 e. The summed E-state index contributed by atoms with van der Waals surface area (Å²) in [7, 11) is 3.32. The van der Waals surface area contributed by atoms with E-state index in [1.807, 2.05) is 49.4 Å². The normalized spacial score (nSPS) is 14.8. The number of ether oxygens (including phenoxy) is 1. The van der Waals surface area contributed by atoms with Crippen molar-refractivity contribution in [1.82, 2.24) is 19.8 Å². The third kappa shape index (κ3) is 7.27. The first kappa shape index (κ1) is 31.2. The highest BCUT2D eigenvalue weighted by atomic mass is 16.5. The molecule has 10 nitrogen and oxygen atoms in total. The number of carbonyl (C=O) groups is 2. The molecular formula is C34H42N6O4. The number of benzene rings is 2. The zero-order valence-electron chi connectivity index (χ0n) is 25.7. The van der Waals surface area contributed by atoms with Crippen molar-refractivity contribution in [2.24, 2.45) is 0 Å². The van der Waals surface area contributed by atoms with Crippen molar-refractivity contribution in [3.05, 3.63) is 84.2 Å². The molecule has 3 heterocycles. The van der Waals surface area contributed by atoms with Crippen molar-refractivity contribution in [1.29, 1.82) is 0 Å². The Bertz CT molecular complexity index is 1560. The molecule has 2 amide bonds. The Labute approximate surface area is 258 Å². The van der Waals surface area contributed by atoms with E-state index in [-0.39, 0.29) is 24.6 Å². The Kier molecular flexibility index (Phi) is 10.3. The van der Waals surface area contributed by atoms with E-state index >= 15 is 0 Å². The minimum atomic E-state index is -0.213. The van der Waals surface area contributed by atoms with Gasteiger partial charge in [-0.1, -0.05) is 12.1 Å². The number of fused-ring (bicyclic) bond motifs is 1. The zero-order valence-corrected chi connectivity index (χ0v) is 25.7.